The number of anilines is 1. The number of nitrogens with zero attached hydrogens (tertiary/aromatic N) is 2. The van der Waals surface area contributed by atoms with E-state index in [1.165, 1.54) is 26.4 Å². The van der Waals surface area contributed by atoms with E-state index in [2.05, 4.69) is 15.7 Å². The molecule has 1 amide bonds. The average molecular weight is 545 g/mol. The molecule has 0 aliphatic heterocycles. The summed E-state index contributed by atoms with van der Waals surface area (Å²) in [6, 6.07) is 8.72. The maximum absolute atomic E-state index is 14.1. The van der Waals surface area contributed by atoms with Crippen LogP contribution in [0.25, 0.3) is 16.9 Å². The summed E-state index contributed by atoms with van der Waals surface area (Å²) in [5.41, 5.74) is 0.721. The summed E-state index contributed by atoms with van der Waals surface area (Å²) in [6.45, 7) is 0.448. The van der Waals surface area contributed by atoms with Crippen LogP contribution in [0.2, 0.25) is 0 Å². The summed E-state index contributed by atoms with van der Waals surface area (Å²) in [6.07, 6.45) is -1.33. The maximum Gasteiger partial charge on any atom is 0.418 e. The van der Waals surface area contributed by atoms with Crippen LogP contribution in [0.4, 0.5) is 18.9 Å². The fraction of sp³-hybridized carbons (Fsp3) is 0.393. The number of hydrogen-bond donors (Lipinski definition) is 2. The van der Waals surface area contributed by atoms with Crippen molar-refractivity contribution in [2.45, 2.75) is 44.7 Å². The molecule has 1 aliphatic rings. The molecule has 11 heteroatoms. The maximum atomic E-state index is 14.1. The van der Waals surface area contributed by atoms with Crippen LogP contribution in [-0.4, -0.2) is 43.5 Å². The highest BCUT2D eigenvalue weighted by Crippen LogP contribution is 2.37. The summed E-state index contributed by atoms with van der Waals surface area (Å²) in [4.78, 5) is 24.9. The van der Waals surface area contributed by atoms with E-state index in [0.717, 1.165) is 16.3 Å². The van der Waals surface area contributed by atoms with Gasteiger partial charge in [-0.3, -0.25) is 9.59 Å². The van der Waals surface area contributed by atoms with Crippen LogP contribution in [0.3, 0.4) is 0 Å². The highest BCUT2D eigenvalue weighted by molar-refractivity contribution is 5.75. The number of nitrogens with one attached hydrogen (secondary N) is 2. The first-order valence-corrected chi connectivity index (χ1v) is 12.7. The number of hydrogen-bond acceptors (Lipinski definition) is 6. The minimum absolute atomic E-state index is 0.0710. The number of carbonyl (C=O) groups excluding carboxylic acids is 1. The third-order valence-corrected chi connectivity index (χ3v) is 6.75. The number of carbonyl (C=O) groups is 1. The molecule has 2 aromatic carbocycles. The summed E-state index contributed by atoms with van der Waals surface area (Å²) >= 11 is 0. The summed E-state index contributed by atoms with van der Waals surface area (Å²) in [5, 5.41) is 10.2. The van der Waals surface area contributed by atoms with E-state index in [1.54, 1.807) is 25.2 Å². The second-order valence-corrected chi connectivity index (χ2v) is 9.26. The van der Waals surface area contributed by atoms with E-state index in [-0.39, 0.29) is 11.6 Å². The quantitative estimate of drug-likeness (QED) is 0.358. The monoisotopic (exact) mass is 544 g/mol. The molecule has 39 heavy (non-hydrogen) atoms. The van der Waals surface area contributed by atoms with Crippen molar-refractivity contribution in [3.05, 3.63) is 63.4 Å². The lowest BCUT2D eigenvalue weighted by Crippen LogP contribution is -2.28. The lowest BCUT2D eigenvalue weighted by atomic mass is 10.0. The molecule has 1 aliphatic carbocycles. The second kappa shape index (κ2) is 11.8. The number of halogens is 3. The van der Waals surface area contributed by atoms with Gasteiger partial charge in [-0.1, -0.05) is 0 Å². The highest BCUT2D eigenvalue weighted by atomic mass is 19.4. The molecule has 0 bridgehead atoms. The molecule has 4 rings (SSSR count). The number of methoxy groups -OCH3 is 2. The van der Waals surface area contributed by atoms with Crippen molar-refractivity contribution in [3.8, 4) is 28.4 Å². The smallest absolute Gasteiger partial charge is 0.418 e. The fourth-order valence-electron chi connectivity index (χ4n) is 4.74. The Morgan fingerprint density at radius 1 is 1.03 bits per heavy atom. The van der Waals surface area contributed by atoms with Crippen LogP contribution < -0.4 is 25.7 Å². The number of alkyl halides is 3. The van der Waals surface area contributed by atoms with Crippen LogP contribution in [0.5, 0.6) is 11.5 Å². The minimum atomic E-state index is -4.71. The number of amides is 1. The number of unbranched alkanes of at least 4 members (excludes halogenated alkanes) is 1. The SMILES string of the molecule is CNC(=O)CCCCNc1ccc(C(F)(F)F)c(-n2nc(-c3cc(OC)cc(OC)c3)c3c(c2=O)CCC3)c1. The van der Waals surface area contributed by atoms with E-state index in [9.17, 15) is 22.8 Å². The second-order valence-electron chi connectivity index (χ2n) is 9.26. The van der Waals surface area contributed by atoms with Gasteiger partial charge in [0.1, 0.15) is 11.5 Å². The third-order valence-electron chi connectivity index (χ3n) is 6.75. The molecule has 1 aromatic heterocycles. The van der Waals surface area contributed by atoms with E-state index in [1.807, 2.05) is 0 Å². The number of aromatic nitrogens is 2. The van der Waals surface area contributed by atoms with E-state index < -0.39 is 17.3 Å². The number of fused-ring (bicyclic) bond motifs is 1. The van der Waals surface area contributed by atoms with Gasteiger partial charge in [0, 0.05) is 42.9 Å². The van der Waals surface area contributed by atoms with Gasteiger partial charge < -0.3 is 20.1 Å². The first-order valence-electron chi connectivity index (χ1n) is 12.7. The largest absolute Gasteiger partial charge is 0.497 e. The molecular weight excluding hydrogens is 513 g/mol. The van der Waals surface area contributed by atoms with Crippen molar-refractivity contribution >= 4 is 11.6 Å². The Labute approximate surface area is 224 Å². The first kappa shape index (κ1) is 28.0. The van der Waals surface area contributed by atoms with E-state index >= 15 is 0 Å². The molecule has 1 heterocycles. The van der Waals surface area contributed by atoms with Crippen molar-refractivity contribution in [1.82, 2.24) is 15.1 Å². The van der Waals surface area contributed by atoms with Crippen molar-refractivity contribution in [2.24, 2.45) is 0 Å². The number of benzene rings is 2. The summed E-state index contributed by atoms with van der Waals surface area (Å²) < 4.78 is 54.0. The van der Waals surface area contributed by atoms with E-state index in [4.69, 9.17) is 9.47 Å². The van der Waals surface area contributed by atoms with Crippen molar-refractivity contribution < 1.29 is 27.4 Å². The average Bonchev–Trinajstić information content (AvgIpc) is 3.42. The zero-order valence-corrected chi connectivity index (χ0v) is 22.1. The van der Waals surface area contributed by atoms with Crippen molar-refractivity contribution in [2.75, 3.05) is 33.1 Å². The Morgan fingerprint density at radius 2 is 1.72 bits per heavy atom. The molecule has 8 nitrogen and oxygen atoms in total. The van der Waals surface area contributed by atoms with Gasteiger partial charge in [0.05, 0.1) is 31.2 Å². The van der Waals surface area contributed by atoms with Gasteiger partial charge in [-0.25, -0.2) is 0 Å². The minimum Gasteiger partial charge on any atom is -0.497 e. The standard InChI is InChI=1S/C28H31F3N4O4/c1-32-25(36)9-4-5-12-33-18-10-11-23(28(29,30)31)24(15-18)35-27(37)22-8-6-7-21(22)26(34-35)17-13-19(38-2)16-20(14-17)39-3/h10-11,13-16,33H,4-9,12H2,1-3H3,(H,32,36). The number of rotatable bonds is 10. The summed E-state index contributed by atoms with van der Waals surface area (Å²) in [5.74, 6) is 0.918. The normalized spacial score (nSPS) is 12.7. The van der Waals surface area contributed by atoms with Gasteiger partial charge in [0.2, 0.25) is 5.91 Å². The third kappa shape index (κ3) is 6.18. The fourth-order valence-corrected chi connectivity index (χ4v) is 4.74. The van der Waals surface area contributed by atoms with Crippen molar-refractivity contribution in [1.29, 1.82) is 0 Å². The molecule has 0 spiro atoms. The molecule has 0 radical (unpaired) electrons. The Bertz CT molecular complexity index is 1400. The lowest BCUT2D eigenvalue weighted by Gasteiger charge is -2.18. The Balaban J connectivity index is 1.79. The van der Waals surface area contributed by atoms with Gasteiger partial charge >= 0.3 is 6.18 Å². The topological polar surface area (TPSA) is 94.5 Å². The Hall–Kier alpha value is -4.02. The Morgan fingerprint density at radius 3 is 2.36 bits per heavy atom. The summed E-state index contributed by atoms with van der Waals surface area (Å²) in [7, 11) is 4.57. The molecule has 2 N–H and O–H groups in total. The van der Waals surface area contributed by atoms with Crippen LogP contribution >= 0.6 is 0 Å². The van der Waals surface area contributed by atoms with Crippen LogP contribution in [0.1, 0.15) is 42.4 Å². The molecule has 3 aromatic rings. The zero-order valence-electron chi connectivity index (χ0n) is 22.1. The zero-order chi connectivity index (χ0) is 28.2. The van der Waals surface area contributed by atoms with Gasteiger partial charge in [0.25, 0.3) is 5.56 Å². The molecule has 0 fully saturated rings. The predicted octanol–water partition coefficient (Wildman–Crippen LogP) is 4.75. The molecule has 0 saturated heterocycles. The molecule has 0 atom stereocenters. The molecule has 0 unspecified atom stereocenters. The molecule has 208 valence electrons. The predicted molar refractivity (Wildman–Crippen MR) is 142 cm³/mol. The first-order chi connectivity index (χ1) is 18.7. The van der Waals surface area contributed by atoms with Crippen LogP contribution in [0, 0.1) is 0 Å². The lowest BCUT2D eigenvalue weighted by molar-refractivity contribution is -0.137. The van der Waals surface area contributed by atoms with Gasteiger partial charge in [-0.15, -0.1) is 0 Å². The highest BCUT2D eigenvalue weighted by Gasteiger charge is 2.35. The van der Waals surface area contributed by atoms with Crippen LogP contribution in [0.15, 0.2) is 41.2 Å². The van der Waals surface area contributed by atoms with Crippen molar-refractivity contribution in [3.63, 3.8) is 0 Å². The van der Waals surface area contributed by atoms with Gasteiger partial charge in [0.15, 0.2) is 0 Å². The van der Waals surface area contributed by atoms with Gasteiger partial charge in [-0.05, 0) is 68.0 Å². The molecule has 0 saturated carbocycles. The molecular formula is C28H31F3N4O4. The Kier molecular flexibility index (Phi) is 8.47. The van der Waals surface area contributed by atoms with Gasteiger partial charge in [-0.2, -0.15) is 23.0 Å². The number of ether oxygens (including phenoxy) is 2. The van der Waals surface area contributed by atoms with Crippen LogP contribution in [-0.2, 0) is 23.8 Å². The van der Waals surface area contributed by atoms with E-state index in [0.29, 0.717) is 79.1 Å².